The van der Waals surface area contributed by atoms with Crippen molar-refractivity contribution >= 4 is 5.78 Å². The van der Waals surface area contributed by atoms with E-state index in [4.69, 9.17) is 9.47 Å². The number of hydrogen-bond donors (Lipinski definition) is 1. The standard InChI is InChI=1S/C24H22N2O5/c1-15-18(14-25)23(28)26(12-11-16-9-10-19(30-2)20(13-16)31-3)24(29)21(15)22(27)17-7-5-4-6-8-17/h4-10,13,29H,11-12H2,1-3H3. The number of nitrogens with zero attached hydrogens (tertiary/aromatic N) is 2. The van der Waals surface area contributed by atoms with E-state index in [9.17, 15) is 20.0 Å². The van der Waals surface area contributed by atoms with Gasteiger partial charge in [0.05, 0.1) is 19.8 Å². The van der Waals surface area contributed by atoms with Gasteiger partial charge in [-0.05, 0) is 36.6 Å². The number of ketones is 1. The van der Waals surface area contributed by atoms with E-state index in [1.165, 1.54) is 21.1 Å². The fourth-order valence-corrected chi connectivity index (χ4v) is 3.44. The Bertz CT molecular complexity index is 1220. The molecule has 0 radical (unpaired) electrons. The quantitative estimate of drug-likeness (QED) is 0.591. The van der Waals surface area contributed by atoms with Gasteiger partial charge in [0, 0.05) is 12.1 Å². The predicted octanol–water partition coefficient (Wildman–Crippen LogP) is 3.22. The van der Waals surface area contributed by atoms with Gasteiger partial charge in [-0.1, -0.05) is 36.4 Å². The van der Waals surface area contributed by atoms with Gasteiger partial charge in [0.1, 0.15) is 11.6 Å². The predicted molar refractivity (Wildman–Crippen MR) is 115 cm³/mol. The van der Waals surface area contributed by atoms with Crippen LogP contribution in [0.2, 0.25) is 0 Å². The molecule has 0 spiro atoms. The maximum absolute atomic E-state index is 13.0. The second-order valence-corrected chi connectivity index (χ2v) is 6.90. The first kappa shape index (κ1) is 21.7. The van der Waals surface area contributed by atoms with Crippen molar-refractivity contribution < 1.29 is 19.4 Å². The number of aromatic nitrogens is 1. The minimum atomic E-state index is -0.636. The number of methoxy groups -OCH3 is 2. The molecule has 0 aliphatic heterocycles. The Morgan fingerprint density at radius 1 is 1.10 bits per heavy atom. The molecule has 0 saturated carbocycles. The Morgan fingerprint density at radius 2 is 1.77 bits per heavy atom. The first-order valence-corrected chi connectivity index (χ1v) is 9.60. The third-order valence-corrected chi connectivity index (χ3v) is 5.14. The molecule has 0 aliphatic carbocycles. The number of benzene rings is 2. The summed E-state index contributed by atoms with van der Waals surface area (Å²) in [4.78, 5) is 25.9. The van der Waals surface area contributed by atoms with Gasteiger partial charge in [-0.25, -0.2) is 0 Å². The van der Waals surface area contributed by atoms with E-state index in [1.807, 2.05) is 12.1 Å². The van der Waals surface area contributed by atoms with Crippen molar-refractivity contribution in [3.05, 3.63) is 86.7 Å². The fraction of sp³-hybridized carbons (Fsp3) is 0.208. The summed E-state index contributed by atoms with van der Waals surface area (Å²) in [5, 5.41) is 20.4. The number of hydrogen-bond acceptors (Lipinski definition) is 6. The van der Waals surface area contributed by atoms with E-state index in [1.54, 1.807) is 42.5 Å². The fourth-order valence-electron chi connectivity index (χ4n) is 3.44. The number of pyridine rings is 1. The van der Waals surface area contributed by atoms with Gasteiger partial charge in [-0.15, -0.1) is 0 Å². The summed E-state index contributed by atoms with van der Waals surface area (Å²) in [5.41, 5.74) is 0.511. The SMILES string of the molecule is COc1ccc(CCn2c(O)c(C(=O)c3ccccc3)c(C)c(C#N)c2=O)cc1OC. The van der Waals surface area contributed by atoms with Crippen molar-refractivity contribution in [2.75, 3.05) is 14.2 Å². The van der Waals surface area contributed by atoms with E-state index in [2.05, 4.69) is 0 Å². The minimum Gasteiger partial charge on any atom is -0.494 e. The summed E-state index contributed by atoms with van der Waals surface area (Å²) in [7, 11) is 3.06. The van der Waals surface area contributed by atoms with E-state index in [-0.39, 0.29) is 23.2 Å². The summed E-state index contributed by atoms with van der Waals surface area (Å²) in [6.07, 6.45) is 0.362. The number of carbonyl (C=O) groups is 1. The zero-order chi connectivity index (χ0) is 22.5. The van der Waals surface area contributed by atoms with Crippen LogP contribution in [0.1, 0.15) is 32.6 Å². The van der Waals surface area contributed by atoms with Crippen LogP contribution in [0.15, 0.2) is 53.3 Å². The highest BCUT2D eigenvalue weighted by Crippen LogP contribution is 2.29. The summed E-state index contributed by atoms with van der Waals surface area (Å²) in [5.74, 6) is 0.213. The third kappa shape index (κ3) is 4.14. The van der Waals surface area contributed by atoms with Crippen molar-refractivity contribution in [3.8, 4) is 23.4 Å². The lowest BCUT2D eigenvalue weighted by atomic mass is 9.97. The van der Waals surface area contributed by atoms with Gasteiger partial charge in [0.15, 0.2) is 17.3 Å². The molecular weight excluding hydrogens is 396 g/mol. The van der Waals surface area contributed by atoms with Gasteiger partial charge in [0.2, 0.25) is 5.88 Å². The highest BCUT2D eigenvalue weighted by Gasteiger charge is 2.24. The molecule has 3 rings (SSSR count). The van der Waals surface area contributed by atoms with Gasteiger partial charge in [0.25, 0.3) is 5.56 Å². The molecule has 0 bridgehead atoms. The lowest BCUT2D eigenvalue weighted by Gasteiger charge is -2.16. The highest BCUT2D eigenvalue weighted by atomic mass is 16.5. The molecule has 3 aromatic rings. The average molecular weight is 418 g/mol. The molecule has 0 aliphatic rings. The molecule has 0 unspecified atom stereocenters. The van der Waals surface area contributed by atoms with Crippen LogP contribution in [0.3, 0.4) is 0 Å². The maximum atomic E-state index is 13.0. The normalized spacial score (nSPS) is 10.4. The van der Waals surface area contributed by atoms with Gasteiger partial charge < -0.3 is 14.6 Å². The lowest BCUT2D eigenvalue weighted by Crippen LogP contribution is -2.27. The Morgan fingerprint density at radius 3 is 2.39 bits per heavy atom. The number of ether oxygens (including phenoxy) is 2. The number of carbonyl (C=O) groups excluding carboxylic acids is 1. The molecule has 0 atom stereocenters. The second-order valence-electron chi connectivity index (χ2n) is 6.90. The van der Waals surface area contributed by atoms with Gasteiger partial charge in [-0.2, -0.15) is 5.26 Å². The van der Waals surface area contributed by atoms with Crippen LogP contribution in [0.4, 0.5) is 0 Å². The van der Waals surface area contributed by atoms with E-state index < -0.39 is 17.2 Å². The van der Waals surface area contributed by atoms with Crippen LogP contribution in [0, 0.1) is 18.3 Å². The first-order chi connectivity index (χ1) is 14.9. The summed E-state index contributed by atoms with van der Waals surface area (Å²) >= 11 is 0. The van der Waals surface area contributed by atoms with E-state index in [0.717, 1.165) is 10.1 Å². The topological polar surface area (TPSA) is 102 Å². The summed E-state index contributed by atoms with van der Waals surface area (Å²) in [6, 6.07) is 15.6. The number of aryl methyl sites for hydroxylation is 1. The van der Waals surface area contributed by atoms with Crippen LogP contribution in [-0.4, -0.2) is 29.7 Å². The van der Waals surface area contributed by atoms with Gasteiger partial charge >= 0.3 is 0 Å². The molecule has 31 heavy (non-hydrogen) atoms. The molecule has 0 saturated heterocycles. The maximum Gasteiger partial charge on any atom is 0.271 e. The smallest absolute Gasteiger partial charge is 0.271 e. The molecule has 7 nitrogen and oxygen atoms in total. The Balaban J connectivity index is 2.04. The molecule has 1 N–H and O–H groups in total. The van der Waals surface area contributed by atoms with Crippen molar-refractivity contribution in [2.45, 2.75) is 19.9 Å². The molecular formula is C24H22N2O5. The van der Waals surface area contributed by atoms with Gasteiger partial charge in [-0.3, -0.25) is 14.2 Å². The summed E-state index contributed by atoms with van der Waals surface area (Å²) < 4.78 is 11.6. The number of rotatable bonds is 7. The monoisotopic (exact) mass is 418 g/mol. The highest BCUT2D eigenvalue weighted by molar-refractivity contribution is 6.11. The Hall–Kier alpha value is -4.05. The van der Waals surface area contributed by atoms with Crippen LogP contribution in [-0.2, 0) is 13.0 Å². The molecule has 1 heterocycles. The molecule has 0 amide bonds. The average Bonchev–Trinajstić information content (AvgIpc) is 2.79. The lowest BCUT2D eigenvalue weighted by molar-refractivity contribution is 0.103. The number of aromatic hydroxyl groups is 1. The molecule has 2 aromatic carbocycles. The van der Waals surface area contributed by atoms with Crippen LogP contribution < -0.4 is 15.0 Å². The largest absolute Gasteiger partial charge is 0.494 e. The minimum absolute atomic E-state index is 0.0466. The first-order valence-electron chi connectivity index (χ1n) is 9.60. The Kier molecular flexibility index (Phi) is 6.41. The molecule has 1 aromatic heterocycles. The van der Waals surface area contributed by atoms with Crippen LogP contribution in [0.5, 0.6) is 17.4 Å². The zero-order valence-electron chi connectivity index (χ0n) is 17.5. The van der Waals surface area contributed by atoms with Crippen molar-refractivity contribution in [2.24, 2.45) is 0 Å². The second kappa shape index (κ2) is 9.18. The van der Waals surface area contributed by atoms with Crippen LogP contribution in [0.25, 0.3) is 0 Å². The van der Waals surface area contributed by atoms with Crippen molar-refractivity contribution in [1.29, 1.82) is 5.26 Å². The summed E-state index contributed by atoms with van der Waals surface area (Å²) in [6.45, 7) is 1.57. The zero-order valence-corrected chi connectivity index (χ0v) is 17.5. The number of nitriles is 1. The van der Waals surface area contributed by atoms with Crippen molar-refractivity contribution in [3.63, 3.8) is 0 Å². The van der Waals surface area contributed by atoms with E-state index in [0.29, 0.717) is 23.5 Å². The third-order valence-electron chi connectivity index (χ3n) is 5.14. The molecule has 0 fully saturated rings. The Labute approximate surface area is 179 Å². The van der Waals surface area contributed by atoms with E-state index >= 15 is 0 Å². The van der Waals surface area contributed by atoms with Crippen molar-refractivity contribution in [1.82, 2.24) is 4.57 Å². The van der Waals surface area contributed by atoms with Crippen LogP contribution >= 0.6 is 0 Å². The molecule has 158 valence electrons. The molecule has 7 heteroatoms.